The van der Waals surface area contributed by atoms with Crippen molar-refractivity contribution < 1.29 is 13.9 Å². The van der Waals surface area contributed by atoms with E-state index in [2.05, 4.69) is 31.8 Å². The maximum Gasteiger partial charge on any atom is 0.322 e. The number of nitrogen functional groups attached to an aromatic ring is 1. The van der Waals surface area contributed by atoms with E-state index in [1.165, 1.54) is 30.9 Å². The predicted octanol–water partition coefficient (Wildman–Crippen LogP) is 5.77. The number of hydrogen-bond donors (Lipinski definition) is 2. The number of amides is 1. The highest BCUT2D eigenvalue weighted by Gasteiger charge is 2.23. The number of nitrogens with two attached hydrogens (primary N) is 1. The van der Waals surface area contributed by atoms with Crippen molar-refractivity contribution in [2.75, 3.05) is 11.1 Å². The Morgan fingerprint density at radius 3 is 2.42 bits per heavy atom. The average Bonchev–Trinajstić information content (AvgIpc) is 3.20. The van der Waals surface area contributed by atoms with Gasteiger partial charge in [-0.3, -0.25) is 4.79 Å². The van der Waals surface area contributed by atoms with Crippen LogP contribution in [0.4, 0.5) is 15.9 Å². The zero-order valence-electron chi connectivity index (χ0n) is 20.4. The Morgan fingerprint density at radius 2 is 1.76 bits per heavy atom. The molecule has 11 heteroatoms. The molecule has 0 aliphatic heterocycles. The zero-order valence-corrected chi connectivity index (χ0v) is 21.1. The van der Waals surface area contributed by atoms with E-state index >= 15 is 4.39 Å². The average molecular weight is 530 g/mol. The molecule has 0 aliphatic carbocycles. The van der Waals surface area contributed by atoms with Gasteiger partial charge in [0.05, 0.1) is 28.5 Å². The molecule has 38 heavy (non-hydrogen) atoms. The lowest BCUT2D eigenvalue weighted by Crippen LogP contribution is -2.11. The second-order valence-corrected chi connectivity index (χ2v) is 8.92. The van der Waals surface area contributed by atoms with E-state index in [0.29, 0.717) is 38.4 Å². The van der Waals surface area contributed by atoms with Crippen LogP contribution in [0.3, 0.4) is 0 Å². The maximum atomic E-state index is 15.3. The molecular weight excluding hydrogens is 509 g/mol. The van der Waals surface area contributed by atoms with E-state index in [-0.39, 0.29) is 23.5 Å². The first-order chi connectivity index (χ1) is 18.2. The first-order valence-electron chi connectivity index (χ1n) is 11.3. The van der Waals surface area contributed by atoms with Crippen LogP contribution >= 0.6 is 11.6 Å². The number of hydrogen-bond acceptors (Lipinski definition) is 7. The van der Waals surface area contributed by atoms with E-state index in [9.17, 15) is 4.79 Å². The fraction of sp³-hybridized carbons (Fsp3) is 0.0741. The molecule has 0 fully saturated rings. The summed E-state index contributed by atoms with van der Waals surface area (Å²) >= 11 is 5.81. The molecule has 0 atom stereocenters. The van der Waals surface area contributed by atoms with Gasteiger partial charge in [0.2, 0.25) is 0 Å². The van der Waals surface area contributed by atoms with Crippen molar-refractivity contribution >= 4 is 40.0 Å². The van der Waals surface area contributed by atoms with Crippen molar-refractivity contribution in [3.05, 3.63) is 84.2 Å². The number of nitrogens with one attached hydrogen (secondary N) is 1. The quantitative estimate of drug-likeness (QED) is 0.268. The Labute approximate surface area is 221 Å². The summed E-state index contributed by atoms with van der Waals surface area (Å²) in [5, 5.41) is 3.70. The topological polar surface area (TPSA) is 121 Å². The predicted molar refractivity (Wildman–Crippen MR) is 144 cm³/mol. The summed E-state index contributed by atoms with van der Waals surface area (Å²) in [6.07, 6.45) is 4.10. The number of nitrogens with zero attached hydrogens (tertiary/aromatic N) is 5. The van der Waals surface area contributed by atoms with Crippen LogP contribution < -0.4 is 15.8 Å². The highest BCUT2D eigenvalue weighted by Crippen LogP contribution is 2.42. The van der Waals surface area contributed by atoms with Crippen LogP contribution in [0.25, 0.3) is 33.4 Å². The lowest BCUT2D eigenvalue weighted by molar-refractivity contribution is -0.112. The molecule has 0 radical (unpaired) electrons. The summed E-state index contributed by atoms with van der Waals surface area (Å²) < 4.78 is 22.6. The Balaban J connectivity index is 1.60. The van der Waals surface area contributed by atoms with Crippen LogP contribution in [-0.4, -0.2) is 30.4 Å². The number of benzene rings is 2. The molecule has 3 heterocycles. The summed E-state index contributed by atoms with van der Waals surface area (Å²) in [4.78, 5) is 28.5. The number of ether oxygens (including phenoxy) is 1. The van der Waals surface area contributed by atoms with Crippen LogP contribution in [0.15, 0.2) is 73.3 Å². The number of anilines is 2. The van der Waals surface area contributed by atoms with Gasteiger partial charge in [0, 0.05) is 23.9 Å². The van der Waals surface area contributed by atoms with Gasteiger partial charge >= 0.3 is 6.01 Å². The van der Waals surface area contributed by atoms with Gasteiger partial charge in [0.25, 0.3) is 5.91 Å². The van der Waals surface area contributed by atoms with Gasteiger partial charge in [-0.25, -0.2) is 24.3 Å². The minimum atomic E-state index is -0.628. The number of carbonyl (C=O) groups is 1. The largest absolute Gasteiger partial charge is 0.421 e. The first kappa shape index (κ1) is 24.8. The van der Waals surface area contributed by atoms with Gasteiger partial charge in [-0.2, -0.15) is 0 Å². The van der Waals surface area contributed by atoms with Crippen LogP contribution in [0, 0.1) is 5.82 Å². The Hall–Kier alpha value is -4.83. The van der Waals surface area contributed by atoms with Crippen molar-refractivity contribution in [2.24, 2.45) is 7.05 Å². The van der Waals surface area contributed by atoms with E-state index < -0.39 is 5.82 Å². The summed E-state index contributed by atoms with van der Waals surface area (Å²) in [6, 6.07) is 11.7. The van der Waals surface area contributed by atoms with Crippen LogP contribution in [-0.2, 0) is 11.8 Å². The van der Waals surface area contributed by atoms with Crippen molar-refractivity contribution in [2.45, 2.75) is 6.92 Å². The fourth-order valence-corrected chi connectivity index (χ4v) is 4.13. The Kier molecular flexibility index (Phi) is 6.48. The standard InChI is InChI=1S/C27H21ClFN7O2/c1-14(2)26(37)35-18-7-4-15(5-8-18)23-21(22-24(30)33-13-34-25(22)36(23)3)16-6-9-20(19(29)10-16)38-27-31-11-17(28)12-32-27/h4-13H,1H2,2-3H3,(H,35,37)(H2,30,33,34). The molecule has 2 aromatic carbocycles. The van der Waals surface area contributed by atoms with E-state index in [1.807, 2.05) is 23.7 Å². The van der Waals surface area contributed by atoms with E-state index in [4.69, 9.17) is 22.1 Å². The number of halogens is 2. The summed E-state index contributed by atoms with van der Waals surface area (Å²) in [7, 11) is 1.84. The van der Waals surface area contributed by atoms with Crippen molar-refractivity contribution in [1.82, 2.24) is 24.5 Å². The number of aromatic nitrogens is 5. The molecule has 0 aliphatic rings. The lowest BCUT2D eigenvalue weighted by Gasteiger charge is -2.12. The van der Waals surface area contributed by atoms with E-state index in [0.717, 1.165) is 11.3 Å². The Morgan fingerprint density at radius 1 is 1.08 bits per heavy atom. The number of aryl methyl sites for hydroxylation is 1. The molecule has 0 saturated carbocycles. The van der Waals surface area contributed by atoms with Gasteiger partial charge < -0.3 is 20.4 Å². The molecule has 190 valence electrons. The van der Waals surface area contributed by atoms with Gasteiger partial charge in [0.1, 0.15) is 17.8 Å². The normalized spacial score (nSPS) is 10.9. The molecule has 9 nitrogen and oxygen atoms in total. The number of rotatable bonds is 6. The monoisotopic (exact) mass is 529 g/mol. The molecule has 3 aromatic heterocycles. The van der Waals surface area contributed by atoms with Crippen LogP contribution in [0.1, 0.15) is 6.92 Å². The van der Waals surface area contributed by atoms with Gasteiger partial charge in [-0.05, 0) is 42.3 Å². The second kappa shape index (κ2) is 9.91. The molecule has 5 aromatic rings. The molecule has 1 amide bonds. The minimum absolute atomic E-state index is 0.0385. The third-order valence-corrected chi connectivity index (χ3v) is 6.01. The fourth-order valence-electron chi connectivity index (χ4n) is 4.03. The number of carbonyl (C=O) groups excluding carboxylic acids is 1. The summed E-state index contributed by atoms with van der Waals surface area (Å²) in [6.45, 7) is 5.29. The number of fused-ring (bicyclic) bond motifs is 1. The molecule has 0 unspecified atom stereocenters. The van der Waals surface area contributed by atoms with E-state index in [1.54, 1.807) is 25.1 Å². The third kappa shape index (κ3) is 4.64. The lowest BCUT2D eigenvalue weighted by atomic mass is 9.98. The molecule has 0 bridgehead atoms. The molecule has 3 N–H and O–H groups in total. The molecule has 0 spiro atoms. The second-order valence-electron chi connectivity index (χ2n) is 8.48. The van der Waals surface area contributed by atoms with Crippen molar-refractivity contribution in [3.63, 3.8) is 0 Å². The van der Waals surface area contributed by atoms with Crippen LogP contribution in [0.5, 0.6) is 11.8 Å². The highest BCUT2D eigenvalue weighted by atomic mass is 35.5. The minimum Gasteiger partial charge on any atom is -0.421 e. The van der Waals surface area contributed by atoms with Gasteiger partial charge in [-0.1, -0.05) is 36.4 Å². The first-order valence-corrected chi connectivity index (χ1v) is 11.7. The smallest absolute Gasteiger partial charge is 0.322 e. The maximum absolute atomic E-state index is 15.3. The third-order valence-electron chi connectivity index (χ3n) is 5.82. The molecule has 0 saturated heterocycles. The van der Waals surface area contributed by atoms with Gasteiger partial charge in [-0.15, -0.1) is 0 Å². The van der Waals surface area contributed by atoms with Gasteiger partial charge in [0.15, 0.2) is 11.6 Å². The van der Waals surface area contributed by atoms with Crippen molar-refractivity contribution in [3.8, 4) is 34.1 Å². The highest BCUT2D eigenvalue weighted by molar-refractivity contribution is 6.30. The summed E-state index contributed by atoms with van der Waals surface area (Å²) in [5.41, 5.74) is 10.6. The molecule has 5 rings (SSSR count). The zero-order chi connectivity index (χ0) is 27.0. The summed E-state index contributed by atoms with van der Waals surface area (Å²) in [5.74, 6) is -0.697. The SMILES string of the molecule is C=C(C)C(=O)Nc1ccc(-c2c(-c3ccc(Oc4ncc(Cl)cn4)c(F)c3)c3c(N)ncnc3n2C)cc1. The van der Waals surface area contributed by atoms with Crippen LogP contribution in [0.2, 0.25) is 5.02 Å². The molecular formula is C27H21ClFN7O2. The Bertz CT molecular complexity index is 1700. The van der Waals surface area contributed by atoms with Crippen molar-refractivity contribution in [1.29, 1.82) is 0 Å².